The van der Waals surface area contributed by atoms with Crippen LogP contribution in [0, 0.1) is 6.92 Å². The zero-order valence-corrected chi connectivity index (χ0v) is 19.1. The summed E-state index contributed by atoms with van der Waals surface area (Å²) >= 11 is 0. The maximum atomic E-state index is 12.8. The molecule has 0 aliphatic rings. The highest BCUT2D eigenvalue weighted by molar-refractivity contribution is 7.92. The number of hydrogen-bond donors (Lipinski definition) is 1. The normalized spacial score (nSPS) is 11.0. The van der Waals surface area contributed by atoms with Crippen molar-refractivity contribution in [2.45, 2.75) is 13.8 Å². The second-order valence-corrected chi connectivity index (χ2v) is 9.01. The Balaban J connectivity index is 1.77. The number of benzene rings is 3. The Labute approximate surface area is 188 Å². The van der Waals surface area contributed by atoms with Gasteiger partial charge in [-0.2, -0.15) is 0 Å². The molecule has 32 heavy (non-hydrogen) atoms. The molecular weight excluding hydrogens is 428 g/mol. The molecule has 0 saturated carbocycles. The fourth-order valence-electron chi connectivity index (χ4n) is 3.10. The van der Waals surface area contributed by atoms with Crippen LogP contribution in [0.5, 0.6) is 17.2 Å². The van der Waals surface area contributed by atoms with Gasteiger partial charge in [-0.1, -0.05) is 30.3 Å². The zero-order chi connectivity index (χ0) is 23.1. The van der Waals surface area contributed by atoms with E-state index in [9.17, 15) is 13.2 Å². The number of ether oxygens (including phenoxy) is 2. The molecule has 8 heteroatoms. The first-order valence-corrected chi connectivity index (χ1v) is 12.0. The lowest BCUT2D eigenvalue weighted by Crippen LogP contribution is -2.37. The SMILES string of the molecule is CCOc1ccc(Oc2ccccc2NC(=O)CN(c2ccccc2C)S(C)(=O)=O)cc1. The Bertz CT molecular complexity index is 1180. The first kappa shape index (κ1) is 23.1. The van der Waals surface area contributed by atoms with Gasteiger partial charge in [0, 0.05) is 0 Å². The van der Waals surface area contributed by atoms with Crippen molar-refractivity contribution in [3.8, 4) is 17.2 Å². The van der Waals surface area contributed by atoms with Crippen molar-refractivity contribution < 1.29 is 22.7 Å². The summed E-state index contributed by atoms with van der Waals surface area (Å²) in [5.41, 5.74) is 1.65. The Morgan fingerprint density at radius 2 is 1.56 bits per heavy atom. The van der Waals surface area contributed by atoms with Crippen LogP contribution >= 0.6 is 0 Å². The van der Waals surface area contributed by atoms with E-state index in [4.69, 9.17) is 9.47 Å². The van der Waals surface area contributed by atoms with Crippen LogP contribution in [0.4, 0.5) is 11.4 Å². The van der Waals surface area contributed by atoms with Gasteiger partial charge in [0.15, 0.2) is 5.75 Å². The molecule has 0 bridgehead atoms. The van der Waals surface area contributed by atoms with Crippen LogP contribution in [0.1, 0.15) is 12.5 Å². The molecule has 0 aliphatic heterocycles. The van der Waals surface area contributed by atoms with Gasteiger partial charge in [0.05, 0.1) is 24.2 Å². The van der Waals surface area contributed by atoms with Crippen LogP contribution in [0.2, 0.25) is 0 Å². The van der Waals surface area contributed by atoms with Crippen molar-refractivity contribution in [2.24, 2.45) is 0 Å². The fraction of sp³-hybridized carbons (Fsp3) is 0.208. The highest BCUT2D eigenvalue weighted by atomic mass is 32.2. The number of amides is 1. The summed E-state index contributed by atoms with van der Waals surface area (Å²) in [5.74, 6) is 1.26. The number of carbonyl (C=O) groups excluding carboxylic acids is 1. The summed E-state index contributed by atoms with van der Waals surface area (Å²) in [6, 6.07) is 21.1. The van der Waals surface area contributed by atoms with Crippen LogP contribution in [0.3, 0.4) is 0 Å². The van der Waals surface area contributed by atoms with Gasteiger partial charge < -0.3 is 14.8 Å². The molecule has 3 aromatic carbocycles. The summed E-state index contributed by atoms with van der Waals surface area (Å²) in [6.07, 6.45) is 1.08. The molecule has 1 amide bonds. The van der Waals surface area contributed by atoms with Gasteiger partial charge in [0.25, 0.3) is 0 Å². The largest absolute Gasteiger partial charge is 0.494 e. The van der Waals surface area contributed by atoms with E-state index >= 15 is 0 Å². The van der Waals surface area contributed by atoms with Gasteiger partial charge in [-0.3, -0.25) is 9.10 Å². The van der Waals surface area contributed by atoms with Crippen LogP contribution in [-0.2, 0) is 14.8 Å². The van der Waals surface area contributed by atoms with Crippen molar-refractivity contribution in [3.05, 3.63) is 78.4 Å². The van der Waals surface area contributed by atoms with E-state index in [1.165, 1.54) is 0 Å². The number of hydrogen-bond acceptors (Lipinski definition) is 5. The van der Waals surface area contributed by atoms with Crippen LogP contribution in [0.25, 0.3) is 0 Å². The summed E-state index contributed by atoms with van der Waals surface area (Å²) in [7, 11) is -3.67. The molecule has 0 saturated heterocycles. The first-order valence-electron chi connectivity index (χ1n) is 10.1. The second kappa shape index (κ2) is 10.2. The van der Waals surface area contributed by atoms with E-state index in [0.29, 0.717) is 29.5 Å². The van der Waals surface area contributed by atoms with E-state index in [2.05, 4.69) is 5.32 Å². The van der Waals surface area contributed by atoms with Crippen LogP contribution < -0.4 is 19.1 Å². The molecule has 0 aliphatic carbocycles. The Morgan fingerprint density at radius 1 is 0.938 bits per heavy atom. The van der Waals surface area contributed by atoms with Gasteiger partial charge in [-0.05, 0) is 61.9 Å². The Hall–Kier alpha value is -3.52. The lowest BCUT2D eigenvalue weighted by molar-refractivity contribution is -0.114. The summed E-state index contributed by atoms with van der Waals surface area (Å²) in [4.78, 5) is 12.8. The van der Waals surface area contributed by atoms with Crippen molar-refractivity contribution >= 4 is 27.3 Å². The number of nitrogens with one attached hydrogen (secondary N) is 1. The molecule has 0 radical (unpaired) electrons. The van der Waals surface area contributed by atoms with Gasteiger partial charge >= 0.3 is 0 Å². The molecule has 0 heterocycles. The number of nitrogens with zero attached hydrogens (tertiary/aromatic N) is 1. The highest BCUT2D eigenvalue weighted by Crippen LogP contribution is 2.30. The summed E-state index contributed by atoms with van der Waals surface area (Å²) in [6.45, 7) is 3.92. The lowest BCUT2D eigenvalue weighted by atomic mass is 10.2. The number of carbonyl (C=O) groups is 1. The van der Waals surface area contributed by atoms with Crippen molar-refractivity contribution in [1.82, 2.24) is 0 Å². The quantitative estimate of drug-likeness (QED) is 0.511. The minimum atomic E-state index is -3.67. The second-order valence-electron chi connectivity index (χ2n) is 7.11. The molecule has 3 rings (SSSR count). The minimum Gasteiger partial charge on any atom is -0.494 e. The third kappa shape index (κ3) is 6.01. The van der Waals surface area contributed by atoms with Gasteiger partial charge in [-0.25, -0.2) is 8.42 Å². The number of para-hydroxylation sites is 3. The van der Waals surface area contributed by atoms with Crippen LogP contribution in [0.15, 0.2) is 72.8 Å². The van der Waals surface area contributed by atoms with E-state index in [1.54, 1.807) is 73.7 Å². The molecular formula is C24H26N2O5S. The Morgan fingerprint density at radius 3 is 2.22 bits per heavy atom. The molecule has 0 aromatic heterocycles. The molecule has 0 unspecified atom stereocenters. The fourth-order valence-corrected chi connectivity index (χ4v) is 4.01. The zero-order valence-electron chi connectivity index (χ0n) is 18.2. The van der Waals surface area contributed by atoms with E-state index in [-0.39, 0.29) is 6.54 Å². The smallest absolute Gasteiger partial charge is 0.245 e. The first-order chi connectivity index (χ1) is 15.3. The predicted octanol–water partition coefficient (Wildman–Crippen LogP) is 4.59. The molecule has 0 spiro atoms. The number of sulfonamides is 1. The van der Waals surface area contributed by atoms with Crippen molar-refractivity contribution in [2.75, 3.05) is 29.0 Å². The lowest BCUT2D eigenvalue weighted by Gasteiger charge is -2.23. The third-order valence-corrected chi connectivity index (χ3v) is 5.72. The number of rotatable bonds is 9. The molecule has 1 N–H and O–H groups in total. The molecule has 168 valence electrons. The topological polar surface area (TPSA) is 84.9 Å². The third-order valence-electron chi connectivity index (χ3n) is 4.60. The van der Waals surface area contributed by atoms with E-state index in [1.807, 2.05) is 13.0 Å². The molecule has 0 fully saturated rings. The minimum absolute atomic E-state index is 0.360. The van der Waals surface area contributed by atoms with Gasteiger partial charge in [0.1, 0.15) is 18.0 Å². The maximum absolute atomic E-state index is 12.8. The standard InChI is InChI=1S/C24H26N2O5S/c1-4-30-19-13-15-20(16-14-19)31-23-12-8-6-10-21(23)25-24(27)17-26(32(3,28)29)22-11-7-5-9-18(22)2/h5-16H,4,17H2,1-3H3,(H,25,27). The Kier molecular flexibility index (Phi) is 7.37. The molecule has 7 nitrogen and oxygen atoms in total. The summed E-state index contributed by atoms with van der Waals surface area (Å²) in [5, 5.41) is 2.76. The predicted molar refractivity (Wildman–Crippen MR) is 126 cm³/mol. The molecule has 0 atom stereocenters. The van der Waals surface area contributed by atoms with Gasteiger partial charge in [0.2, 0.25) is 15.9 Å². The highest BCUT2D eigenvalue weighted by Gasteiger charge is 2.22. The van der Waals surface area contributed by atoms with E-state index in [0.717, 1.165) is 21.9 Å². The van der Waals surface area contributed by atoms with E-state index < -0.39 is 15.9 Å². The monoisotopic (exact) mass is 454 g/mol. The summed E-state index contributed by atoms with van der Waals surface area (Å²) < 4.78 is 37.2. The number of anilines is 2. The number of aryl methyl sites for hydroxylation is 1. The van der Waals surface area contributed by atoms with Gasteiger partial charge in [-0.15, -0.1) is 0 Å². The maximum Gasteiger partial charge on any atom is 0.245 e. The average molecular weight is 455 g/mol. The molecule has 3 aromatic rings. The van der Waals surface area contributed by atoms with Crippen molar-refractivity contribution in [3.63, 3.8) is 0 Å². The van der Waals surface area contributed by atoms with Crippen LogP contribution in [-0.4, -0.2) is 33.7 Å². The van der Waals surface area contributed by atoms with Crippen molar-refractivity contribution in [1.29, 1.82) is 0 Å². The average Bonchev–Trinajstić information content (AvgIpc) is 2.75.